The first-order chi connectivity index (χ1) is 15.8. The van der Waals surface area contributed by atoms with Gasteiger partial charge in [0.05, 0.1) is 19.3 Å². The number of morpholine rings is 1. The van der Waals surface area contributed by atoms with E-state index in [1.165, 1.54) is 10.6 Å². The van der Waals surface area contributed by atoms with Gasteiger partial charge in [-0.1, -0.05) is 0 Å². The highest BCUT2D eigenvalue weighted by Crippen LogP contribution is 2.30. The molecule has 4 heterocycles. The maximum absolute atomic E-state index is 14.7. The summed E-state index contributed by atoms with van der Waals surface area (Å²) < 4.78 is 37.3. The van der Waals surface area contributed by atoms with Crippen molar-refractivity contribution in [3.8, 4) is 11.3 Å². The minimum Gasteiger partial charge on any atom is -0.370 e. The third-order valence-electron chi connectivity index (χ3n) is 5.77. The van der Waals surface area contributed by atoms with Gasteiger partial charge in [-0.2, -0.15) is 5.10 Å². The quantitative estimate of drug-likeness (QED) is 0.470. The minimum atomic E-state index is -0.795. The zero-order valence-electron chi connectivity index (χ0n) is 18.3. The summed E-state index contributed by atoms with van der Waals surface area (Å²) in [6.07, 6.45) is 3.34. The number of fused-ring (bicyclic) bond motifs is 1. The Morgan fingerprint density at radius 1 is 1.12 bits per heavy atom. The van der Waals surface area contributed by atoms with Gasteiger partial charge in [0.15, 0.2) is 5.52 Å². The highest BCUT2D eigenvalue weighted by atomic mass is 19.1. The van der Waals surface area contributed by atoms with Crippen LogP contribution in [0, 0.1) is 18.6 Å². The predicted octanol–water partition coefficient (Wildman–Crippen LogP) is 2.29. The van der Waals surface area contributed by atoms with E-state index in [1.807, 2.05) is 18.1 Å². The predicted molar refractivity (Wildman–Crippen MR) is 117 cm³/mol. The van der Waals surface area contributed by atoms with Crippen molar-refractivity contribution in [3.05, 3.63) is 64.0 Å². The van der Waals surface area contributed by atoms with Crippen LogP contribution in [-0.4, -0.2) is 49.0 Å². The molecular formula is C22H21F2N7O2. The first-order valence-corrected chi connectivity index (χ1v) is 10.4. The number of benzene rings is 1. The van der Waals surface area contributed by atoms with Gasteiger partial charge >= 0.3 is 0 Å². The molecule has 3 aromatic heterocycles. The second-order valence-corrected chi connectivity index (χ2v) is 7.97. The zero-order chi connectivity index (χ0) is 23.3. The van der Waals surface area contributed by atoms with E-state index < -0.39 is 11.6 Å². The van der Waals surface area contributed by atoms with Crippen molar-refractivity contribution < 1.29 is 13.5 Å². The summed E-state index contributed by atoms with van der Waals surface area (Å²) in [6.45, 7) is 2.97. The van der Waals surface area contributed by atoms with Crippen molar-refractivity contribution in [1.29, 1.82) is 0 Å². The molecule has 0 unspecified atom stereocenters. The Morgan fingerprint density at radius 3 is 2.67 bits per heavy atom. The smallest absolute Gasteiger partial charge is 0.279 e. The van der Waals surface area contributed by atoms with Crippen molar-refractivity contribution in [2.45, 2.75) is 13.0 Å². The third-order valence-corrected chi connectivity index (χ3v) is 5.77. The van der Waals surface area contributed by atoms with E-state index in [2.05, 4.69) is 20.1 Å². The van der Waals surface area contributed by atoms with Gasteiger partial charge in [-0.15, -0.1) is 0 Å². The van der Waals surface area contributed by atoms with Crippen molar-refractivity contribution in [1.82, 2.24) is 29.3 Å². The minimum absolute atomic E-state index is 0.0438. The van der Waals surface area contributed by atoms with E-state index in [1.54, 1.807) is 24.9 Å². The summed E-state index contributed by atoms with van der Waals surface area (Å²) in [4.78, 5) is 28.5. The van der Waals surface area contributed by atoms with Gasteiger partial charge in [-0.25, -0.2) is 23.7 Å². The van der Waals surface area contributed by atoms with Crippen molar-refractivity contribution >= 4 is 17.0 Å². The molecule has 4 aromatic rings. The summed E-state index contributed by atoms with van der Waals surface area (Å²) in [5, 5.41) is 4.19. The van der Waals surface area contributed by atoms with Gasteiger partial charge in [0.25, 0.3) is 5.56 Å². The maximum Gasteiger partial charge on any atom is 0.279 e. The highest BCUT2D eigenvalue weighted by Gasteiger charge is 2.27. The number of ether oxygens (including phenoxy) is 1. The molecule has 1 aliphatic heterocycles. The van der Waals surface area contributed by atoms with Crippen molar-refractivity contribution in [2.24, 2.45) is 14.1 Å². The summed E-state index contributed by atoms with van der Waals surface area (Å²) in [5.74, 6) is -0.824. The number of aromatic nitrogens is 6. The molecule has 1 saturated heterocycles. The van der Waals surface area contributed by atoms with Crippen LogP contribution in [0.2, 0.25) is 0 Å². The normalized spacial score (nSPS) is 16.5. The van der Waals surface area contributed by atoms with E-state index in [9.17, 15) is 13.6 Å². The highest BCUT2D eigenvalue weighted by molar-refractivity contribution is 5.89. The average Bonchev–Trinajstić information content (AvgIpc) is 3.24. The Hall–Kier alpha value is -3.73. The Kier molecular flexibility index (Phi) is 5.12. The summed E-state index contributed by atoms with van der Waals surface area (Å²) >= 11 is 0. The Balaban J connectivity index is 1.67. The van der Waals surface area contributed by atoms with E-state index in [-0.39, 0.29) is 39.9 Å². The van der Waals surface area contributed by atoms with Crippen LogP contribution in [0.4, 0.5) is 14.7 Å². The lowest BCUT2D eigenvalue weighted by Gasteiger charge is -2.32. The molecule has 9 nitrogen and oxygen atoms in total. The number of rotatable bonds is 3. The molecule has 1 aliphatic rings. The molecule has 170 valence electrons. The van der Waals surface area contributed by atoms with E-state index in [4.69, 9.17) is 4.74 Å². The summed E-state index contributed by atoms with van der Waals surface area (Å²) in [6, 6.07) is 3.22. The van der Waals surface area contributed by atoms with Crippen LogP contribution >= 0.6 is 0 Å². The van der Waals surface area contributed by atoms with Gasteiger partial charge in [0.2, 0.25) is 5.95 Å². The van der Waals surface area contributed by atoms with E-state index in [0.29, 0.717) is 25.5 Å². The Labute approximate surface area is 187 Å². The standard InChI is InChI=1S/C22H21F2N7O2/c1-12-26-19-18(15-5-4-14(23)8-16(15)24)27-22(28-20(19)21(32)30(12)3)31-6-7-33-17(11-31)13-9-25-29(2)10-13/h4-5,8-10,17H,6-7,11H2,1-3H3/t17-/m0/s1. The summed E-state index contributed by atoms with van der Waals surface area (Å²) in [5.41, 5.74) is 0.946. The SMILES string of the molecule is Cc1nc2c(-c3ccc(F)cc3F)nc(N3CCO[C@H](c4cnn(C)c4)C3)nc2c(=O)n1C. The number of halogens is 2. The third kappa shape index (κ3) is 3.74. The second kappa shape index (κ2) is 8.00. The number of hydrogen-bond acceptors (Lipinski definition) is 7. The molecule has 0 amide bonds. The van der Waals surface area contributed by atoms with Crippen LogP contribution in [0.25, 0.3) is 22.3 Å². The van der Waals surface area contributed by atoms with Gasteiger partial charge in [-0.3, -0.25) is 14.0 Å². The molecule has 0 spiro atoms. The molecule has 1 atom stereocenters. The Bertz CT molecular complexity index is 1430. The van der Waals surface area contributed by atoms with Crippen LogP contribution in [0.3, 0.4) is 0 Å². The Morgan fingerprint density at radius 2 is 1.94 bits per heavy atom. The van der Waals surface area contributed by atoms with Gasteiger partial charge in [0.1, 0.15) is 34.8 Å². The van der Waals surface area contributed by atoms with Gasteiger partial charge < -0.3 is 9.64 Å². The molecule has 0 bridgehead atoms. The largest absolute Gasteiger partial charge is 0.370 e. The number of aryl methyl sites for hydroxylation is 2. The molecule has 1 aromatic carbocycles. The molecule has 33 heavy (non-hydrogen) atoms. The van der Waals surface area contributed by atoms with Crippen LogP contribution in [-0.2, 0) is 18.8 Å². The molecule has 0 aliphatic carbocycles. The second-order valence-electron chi connectivity index (χ2n) is 7.97. The molecular weight excluding hydrogens is 432 g/mol. The van der Waals surface area contributed by atoms with Crippen molar-refractivity contribution in [2.75, 3.05) is 24.6 Å². The molecule has 0 saturated carbocycles. The molecule has 11 heteroatoms. The van der Waals surface area contributed by atoms with E-state index in [0.717, 1.165) is 17.7 Å². The molecule has 5 rings (SSSR count). The van der Waals surface area contributed by atoms with Gasteiger partial charge in [0, 0.05) is 44.0 Å². The lowest BCUT2D eigenvalue weighted by atomic mass is 10.1. The van der Waals surface area contributed by atoms with Gasteiger partial charge in [-0.05, 0) is 19.1 Å². The topological polar surface area (TPSA) is 91.0 Å². The first-order valence-electron chi connectivity index (χ1n) is 10.4. The summed E-state index contributed by atoms with van der Waals surface area (Å²) in [7, 11) is 3.42. The lowest BCUT2D eigenvalue weighted by Crippen LogP contribution is -2.39. The number of hydrogen-bond donors (Lipinski definition) is 0. The monoisotopic (exact) mass is 453 g/mol. The number of nitrogens with zero attached hydrogens (tertiary/aromatic N) is 7. The molecule has 0 N–H and O–H groups in total. The number of anilines is 1. The maximum atomic E-state index is 14.7. The lowest BCUT2D eigenvalue weighted by molar-refractivity contribution is 0.0392. The fraction of sp³-hybridized carbons (Fsp3) is 0.318. The molecule has 0 radical (unpaired) electrons. The van der Waals surface area contributed by atoms with E-state index >= 15 is 0 Å². The fourth-order valence-corrected chi connectivity index (χ4v) is 3.89. The van der Waals surface area contributed by atoms with Crippen LogP contribution in [0.15, 0.2) is 35.4 Å². The van der Waals surface area contributed by atoms with Crippen molar-refractivity contribution in [3.63, 3.8) is 0 Å². The first kappa shape index (κ1) is 21.1. The zero-order valence-corrected chi connectivity index (χ0v) is 18.3. The van der Waals surface area contributed by atoms with Crippen LogP contribution < -0.4 is 10.5 Å². The van der Waals surface area contributed by atoms with Crippen LogP contribution in [0.1, 0.15) is 17.5 Å². The molecule has 1 fully saturated rings. The average molecular weight is 453 g/mol. The van der Waals surface area contributed by atoms with Crippen LogP contribution in [0.5, 0.6) is 0 Å². The fourth-order valence-electron chi connectivity index (χ4n) is 3.89.